The number of aryl methyl sites for hydroxylation is 1. The molecule has 0 aliphatic carbocycles. The zero-order valence-corrected chi connectivity index (χ0v) is 11.6. The fraction of sp³-hybridized carbons (Fsp3) is 0.167. The van der Waals surface area contributed by atoms with Crippen LogP contribution in [0.15, 0.2) is 24.3 Å². The van der Waals surface area contributed by atoms with Crippen LogP contribution in [0.25, 0.3) is 11.4 Å². The van der Waals surface area contributed by atoms with Gasteiger partial charge < -0.3 is 9.72 Å². The molecule has 17 heavy (non-hydrogen) atoms. The van der Waals surface area contributed by atoms with E-state index in [2.05, 4.69) is 37.3 Å². The molecular formula is C12H11IN2O2. The molecule has 0 aliphatic heterocycles. The van der Waals surface area contributed by atoms with Gasteiger partial charge in [-0.2, -0.15) is 0 Å². The molecule has 5 heteroatoms. The number of aromatic amines is 1. The Kier molecular flexibility index (Phi) is 3.46. The van der Waals surface area contributed by atoms with Crippen molar-refractivity contribution in [3.8, 4) is 11.4 Å². The van der Waals surface area contributed by atoms with Crippen molar-refractivity contribution >= 4 is 28.6 Å². The number of methoxy groups -OCH3 is 1. The number of ether oxygens (including phenoxy) is 1. The summed E-state index contributed by atoms with van der Waals surface area (Å²) in [7, 11) is 1.35. The Labute approximate surface area is 113 Å². The Morgan fingerprint density at radius 3 is 2.88 bits per heavy atom. The molecule has 88 valence electrons. The third kappa shape index (κ3) is 2.49. The number of nitrogens with one attached hydrogen (secondary N) is 1. The van der Waals surface area contributed by atoms with E-state index in [1.165, 1.54) is 7.11 Å². The Morgan fingerprint density at radius 2 is 2.24 bits per heavy atom. The molecule has 1 aromatic heterocycles. The van der Waals surface area contributed by atoms with E-state index in [-0.39, 0.29) is 0 Å². The van der Waals surface area contributed by atoms with Crippen LogP contribution in [-0.4, -0.2) is 23.0 Å². The van der Waals surface area contributed by atoms with Gasteiger partial charge in [-0.1, -0.05) is 12.1 Å². The van der Waals surface area contributed by atoms with Gasteiger partial charge in [0.05, 0.1) is 7.11 Å². The summed E-state index contributed by atoms with van der Waals surface area (Å²) in [5.74, 6) is 0.261. The van der Waals surface area contributed by atoms with Gasteiger partial charge in [0.15, 0.2) is 5.69 Å². The maximum Gasteiger partial charge on any atom is 0.358 e. The number of aromatic nitrogens is 2. The van der Waals surface area contributed by atoms with Crippen molar-refractivity contribution in [2.45, 2.75) is 6.92 Å². The lowest BCUT2D eigenvalue weighted by atomic mass is 10.2. The molecule has 0 unspecified atom stereocenters. The highest BCUT2D eigenvalue weighted by Gasteiger charge is 2.15. The van der Waals surface area contributed by atoms with Gasteiger partial charge >= 0.3 is 5.97 Å². The van der Waals surface area contributed by atoms with Crippen LogP contribution in [0.2, 0.25) is 0 Å². The Balaban J connectivity index is 2.44. The summed E-state index contributed by atoms with van der Waals surface area (Å²) in [5, 5.41) is 0. The van der Waals surface area contributed by atoms with E-state index < -0.39 is 5.97 Å². The van der Waals surface area contributed by atoms with Crippen LogP contribution in [-0.2, 0) is 4.74 Å². The molecule has 0 fully saturated rings. The van der Waals surface area contributed by atoms with Crippen LogP contribution < -0.4 is 0 Å². The van der Waals surface area contributed by atoms with Crippen LogP contribution in [0.5, 0.6) is 0 Å². The highest BCUT2D eigenvalue weighted by Crippen LogP contribution is 2.20. The summed E-state index contributed by atoms with van der Waals surface area (Å²) in [4.78, 5) is 18.8. The van der Waals surface area contributed by atoms with Crippen molar-refractivity contribution in [1.29, 1.82) is 0 Å². The molecule has 0 bridgehead atoms. The Morgan fingerprint density at radius 1 is 1.47 bits per heavy atom. The van der Waals surface area contributed by atoms with E-state index in [0.29, 0.717) is 17.2 Å². The molecule has 4 nitrogen and oxygen atoms in total. The number of carbonyl (C=O) groups is 1. The zero-order chi connectivity index (χ0) is 12.4. The quantitative estimate of drug-likeness (QED) is 0.675. The second-order valence-corrected chi connectivity index (χ2v) is 4.81. The molecule has 1 aromatic carbocycles. The van der Waals surface area contributed by atoms with Crippen molar-refractivity contribution in [2.75, 3.05) is 7.11 Å². The standard InChI is InChI=1S/C12H11IN2O2/c1-7-10(12(16)17-2)15-11(14-7)8-4-3-5-9(13)6-8/h3-6H,1-2H3,(H,14,15). The largest absolute Gasteiger partial charge is 0.464 e. The molecule has 0 aliphatic rings. The summed E-state index contributed by atoms with van der Waals surface area (Å²) in [6.45, 7) is 1.80. The van der Waals surface area contributed by atoms with Crippen molar-refractivity contribution in [1.82, 2.24) is 9.97 Å². The second kappa shape index (κ2) is 4.87. The lowest BCUT2D eigenvalue weighted by Crippen LogP contribution is -2.03. The molecule has 0 amide bonds. The molecular weight excluding hydrogens is 331 g/mol. The first-order chi connectivity index (χ1) is 8.11. The molecule has 2 aromatic rings. The lowest BCUT2D eigenvalue weighted by Gasteiger charge is -1.96. The van der Waals surface area contributed by atoms with Gasteiger partial charge in [-0.05, 0) is 41.6 Å². The molecule has 0 spiro atoms. The second-order valence-electron chi connectivity index (χ2n) is 3.56. The average Bonchev–Trinajstić information content (AvgIpc) is 2.70. The summed E-state index contributed by atoms with van der Waals surface area (Å²) in [5.41, 5.74) is 2.00. The van der Waals surface area contributed by atoms with Crippen molar-refractivity contribution in [2.24, 2.45) is 0 Å². The number of nitrogens with zero attached hydrogens (tertiary/aromatic N) is 1. The number of imidazole rings is 1. The van der Waals surface area contributed by atoms with Crippen LogP contribution in [0.1, 0.15) is 16.2 Å². The smallest absolute Gasteiger partial charge is 0.358 e. The first-order valence-electron chi connectivity index (χ1n) is 5.02. The maximum atomic E-state index is 11.4. The number of rotatable bonds is 2. The Hall–Kier alpha value is -1.37. The average molecular weight is 342 g/mol. The maximum absolute atomic E-state index is 11.4. The highest BCUT2D eigenvalue weighted by atomic mass is 127. The van der Waals surface area contributed by atoms with E-state index >= 15 is 0 Å². The predicted molar refractivity (Wildman–Crippen MR) is 72.8 cm³/mol. The fourth-order valence-corrected chi connectivity index (χ4v) is 2.07. The SMILES string of the molecule is COC(=O)c1nc(-c2cccc(I)c2)[nH]c1C. The van der Waals surface area contributed by atoms with Gasteiger partial charge in [0.25, 0.3) is 0 Å². The van der Waals surface area contributed by atoms with E-state index in [4.69, 9.17) is 0 Å². The normalized spacial score (nSPS) is 10.3. The number of esters is 1. The number of benzene rings is 1. The first kappa shape index (κ1) is 12.1. The lowest BCUT2D eigenvalue weighted by molar-refractivity contribution is 0.0594. The zero-order valence-electron chi connectivity index (χ0n) is 9.45. The molecule has 2 rings (SSSR count). The fourth-order valence-electron chi connectivity index (χ4n) is 1.53. The molecule has 0 radical (unpaired) electrons. The van der Waals surface area contributed by atoms with E-state index in [1.807, 2.05) is 24.3 Å². The topological polar surface area (TPSA) is 55.0 Å². The minimum atomic E-state index is -0.421. The third-order valence-corrected chi connectivity index (χ3v) is 3.03. The van der Waals surface area contributed by atoms with Gasteiger partial charge in [-0.3, -0.25) is 0 Å². The van der Waals surface area contributed by atoms with Gasteiger partial charge in [0, 0.05) is 14.8 Å². The van der Waals surface area contributed by atoms with Gasteiger partial charge in [-0.15, -0.1) is 0 Å². The van der Waals surface area contributed by atoms with Gasteiger partial charge in [0.2, 0.25) is 0 Å². The summed E-state index contributed by atoms with van der Waals surface area (Å²) in [6.07, 6.45) is 0. The van der Waals surface area contributed by atoms with Crippen LogP contribution in [0, 0.1) is 10.5 Å². The molecule has 0 atom stereocenters. The summed E-state index contributed by atoms with van der Waals surface area (Å²) < 4.78 is 5.79. The van der Waals surface area contributed by atoms with E-state index in [1.54, 1.807) is 6.92 Å². The number of hydrogen-bond donors (Lipinski definition) is 1. The van der Waals surface area contributed by atoms with E-state index in [9.17, 15) is 4.79 Å². The van der Waals surface area contributed by atoms with Crippen molar-refractivity contribution in [3.05, 3.63) is 39.2 Å². The third-order valence-electron chi connectivity index (χ3n) is 2.36. The van der Waals surface area contributed by atoms with Gasteiger partial charge in [-0.25, -0.2) is 9.78 Å². The van der Waals surface area contributed by atoms with E-state index in [0.717, 1.165) is 9.13 Å². The Bertz CT molecular complexity index is 563. The van der Waals surface area contributed by atoms with Crippen LogP contribution in [0.3, 0.4) is 0 Å². The first-order valence-corrected chi connectivity index (χ1v) is 6.10. The predicted octanol–water partition coefficient (Wildman–Crippen LogP) is 2.78. The number of hydrogen-bond acceptors (Lipinski definition) is 3. The van der Waals surface area contributed by atoms with Gasteiger partial charge in [0.1, 0.15) is 5.82 Å². The van der Waals surface area contributed by atoms with Crippen molar-refractivity contribution in [3.63, 3.8) is 0 Å². The molecule has 0 saturated heterocycles. The molecule has 0 saturated carbocycles. The minimum absolute atomic E-state index is 0.335. The number of H-pyrrole nitrogens is 1. The van der Waals surface area contributed by atoms with Crippen molar-refractivity contribution < 1.29 is 9.53 Å². The minimum Gasteiger partial charge on any atom is -0.464 e. The summed E-state index contributed by atoms with van der Waals surface area (Å²) in [6, 6.07) is 7.90. The highest BCUT2D eigenvalue weighted by molar-refractivity contribution is 14.1. The monoisotopic (exact) mass is 342 g/mol. The molecule has 1 N–H and O–H groups in total. The summed E-state index contributed by atoms with van der Waals surface area (Å²) >= 11 is 2.24. The van der Waals surface area contributed by atoms with Crippen LogP contribution >= 0.6 is 22.6 Å². The molecule has 1 heterocycles. The number of halogens is 1. The van der Waals surface area contributed by atoms with Crippen LogP contribution in [0.4, 0.5) is 0 Å². The number of carbonyl (C=O) groups excluding carboxylic acids is 1.